The Hall–Kier alpha value is -2.18. The SMILES string of the molecule is CC(C)(C)[Si](C)(C)OCCCCCCOc1ccc(-c2ccccc2)c([N+](=O)[O-])c1. The summed E-state index contributed by atoms with van der Waals surface area (Å²) in [5.74, 6) is 0.544. The molecule has 0 aliphatic carbocycles. The molecular weight excluding hydrogens is 394 g/mol. The van der Waals surface area contributed by atoms with Crippen molar-refractivity contribution in [1.82, 2.24) is 0 Å². The maximum absolute atomic E-state index is 11.5. The summed E-state index contributed by atoms with van der Waals surface area (Å²) in [6, 6.07) is 14.5. The molecule has 0 atom stereocenters. The van der Waals surface area contributed by atoms with Gasteiger partial charge in [-0.05, 0) is 55.1 Å². The van der Waals surface area contributed by atoms with E-state index in [-0.39, 0.29) is 15.6 Å². The molecule has 0 saturated carbocycles. The average molecular weight is 430 g/mol. The van der Waals surface area contributed by atoms with E-state index in [9.17, 15) is 10.1 Å². The van der Waals surface area contributed by atoms with E-state index in [4.69, 9.17) is 9.16 Å². The summed E-state index contributed by atoms with van der Waals surface area (Å²) in [6.45, 7) is 12.7. The molecule has 2 aromatic carbocycles. The molecule has 0 saturated heterocycles. The highest BCUT2D eigenvalue weighted by atomic mass is 28.4. The predicted molar refractivity (Wildman–Crippen MR) is 126 cm³/mol. The smallest absolute Gasteiger partial charge is 0.280 e. The molecule has 30 heavy (non-hydrogen) atoms. The van der Waals surface area contributed by atoms with Gasteiger partial charge in [0.1, 0.15) is 5.75 Å². The molecule has 6 heteroatoms. The fourth-order valence-electron chi connectivity index (χ4n) is 2.91. The fourth-order valence-corrected chi connectivity index (χ4v) is 3.99. The van der Waals surface area contributed by atoms with E-state index in [1.54, 1.807) is 6.07 Å². The number of benzene rings is 2. The number of unbranched alkanes of at least 4 members (excludes halogenated alkanes) is 3. The van der Waals surface area contributed by atoms with Crippen molar-refractivity contribution >= 4 is 14.0 Å². The van der Waals surface area contributed by atoms with Crippen LogP contribution in [0.2, 0.25) is 18.1 Å². The normalized spacial score (nSPS) is 12.0. The van der Waals surface area contributed by atoms with Crippen LogP contribution in [-0.2, 0) is 4.43 Å². The summed E-state index contributed by atoms with van der Waals surface area (Å²) in [5, 5.41) is 11.7. The zero-order valence-electron chi connectivity index (χ0n) is 18.9. The first-order valence-corrected chi connectivity index (χ1v) is 13.6. The van der Waals surface area contributed by atoms with E-state index >= 15 is 0 Å². The van der Waals surface area contributed by atoms with Gasteiger partial charge >= 0.3 is 0 Å². The van der Waals surface area contributed by atoms with Crippen LogP contribution in [0.5, 0.6) is 5.75 Å². The lowest BCUT2D eigenvalue weighted by atomic mass is 10.0. The summed E-state index contributed by atoms with van der Waals surface area (Å²) in [7, 11) is -1.65. The van der Waals surface area contributed by atoms with Crippen LogP contribution in [0.3, 0.4) is 0 Å². The van der Waals surface area contributed by atoms with Gasteiger partial charge in [0.2, 0.25) is 0 Å². The number of hydrogen-bond donors (Lipinski definition) is 0. The average Bonchev–Trinajstić information content (AvgIpc) is 2.69. The molecule has 0 aliphatic rings. The summed E-state index contributed by atoms with van der Waals surface area (Å²) in [5.41, 5.74) is 1.51. The van der Waals surface area contributed by atoms with E-state index in [0.717, 1.165) is 37.9 Å². The van der Waals surface area contributed by atoms with Gasteiger partial charge in [-0.25, -0.2) is 0 Å². The zero-order chi connectivity index (χ0) is 22.2. The Bertz CT molecular complexity index is 816. The van der Waals surface area contributed by atoms with Crippen LogP contribution < -0.4 is 4.74 Å². The van der Waals surface area contributed by atoms with Crippen molar-refractivity contribution in [2.24, 2.45) is 0 Å². The number of hydrogen-bond acceptors (Lipinski definition) is 4. The number of nitro benzene ring substituents is 1. The Morgan fingerprint density at radius 3 is 2.17 bits per heavy atom. The number of rotatable bonds is 11. The van der Waals surface area contributed by atoms with Gasteiger partial charge in [-0.15, -0.1) is 0 Å². The van der Waals surface area contributed by atoms with Crippen molar-refractivity contribution in [3.05, 3.63) is 58.6 Å². The van der Waals surface area contributed by atoms with Crippen LogP contribution in [-0.4, -0.2) is 26.5 Å². The third kappa shape index (κ3) is 6.95. The lowest BCUT2D eigenvalue weighted by molar-refractivity contribution is -0.384. The first-order valence-electron chi connectivity index (χ1n) is 10.7. The van der Waals surface area contributed by atoms with Gasteiger partial charge in [-0.1, -0.05) is 57.5 Å². The molecule has 0 unspecified atom stereocenters. The second-order valence-corrected chi connectivity index (χ2v) is 14.0. The van der Waals surface area contributed by atoms with Crippen LogP contribution in [0, 0.1) is 10.1 Å². The minimum absolute atomic E-state index is 0.0708. The number of nitro groups is 1. The standard InChI is InChI=1S/C24H35NO4Si/c1-24(2,3)30(4,5)29-18-12-7-6-11-17-28-21-15-16-22(23(19-21)25(26)27)20-13-9-8-10-14-20/h8-10,13-16,19H,6-7,11-12,17-18H2,1-5H3. The molecule has 164 valence electrons. The van der Waals surface area contributed by atoms with Crippen molar-refractivity contribution in [1.29, 1.82) is 0 Å². The van der Waals surface area contributed by atoms with Crippen LogP contribution in [0.15, 0.2) is 48.5 Å². The minimum atomic E-state index is -1.65. The van der Waals surface area contributed by atoms with Crippen LogP contribution in [0.25, 0.3) is 11.1 Å². The Labute approximate surface area is 181 Å². The Morgan fingerprint density at radius 2 is 1.57 bits per heavy atom. The van der Waals surface area contributed by atoms with Crippen LogP contribution in [0.4, 0.5) is 5.69 Å². The van der Waals surface area contributed by atoms with E-state index in [0.29, 0.717) is 17.9 Å². The second kappa shape index (κ2) is 10.7. The summed E-state index contributed by atoms with van der Waals surface area (Å²) < 4.78 is 12.0. The minimum Gasteiger partial charge on any atom is -0.493 e. The maximum atomic E-state index is 11.5. The molecule has 0 radical (unpaired) electrons. The summed E-state index contributed by atoms with van der Waals surface area (Å²) >= 11 is 0. The maximum Gasteiger partial charge on any atom is 0.280 e. The summed E-state index contributed by atoms with van der Waals surface area (Å²) in [4.78, 5) is 11.1. The van der Waals surface area contributed by atoms with Gasteiger partial charge in [0, 0.05) is 6.61 Å². The molecule has 0 bridgehead atoms. The van der Waals surface area contributed by atoms with Crippen molar-refractivity contribution in [2.45, 2.75) is 64.6 Å². The van der Waals surface area contributed by atoms with Crippen LogP contribution >= 0.6 is 0 Å². The Morgan fingerprint density at radius 1 is 0.933 bits per heavy atom. The predicted octanol–water partition coefficient (Wildman–Crippen LogP) is 7.22. The van der Waals surface area contributed by atoms with Crippen molar-refractivity contribution in [3.63, 3.8) is 0 Å². The quantitative estimate of drug-likeness (QED) is 0.164. The molecule has 0 heterocycles. The molecule has 0 aromatic heterocycles. The largest absolute Gasteiger partial charge is 0.493 e. The first kappa shape index (κ1) is 24.1. The molecule has 2 rings (SSSR count). The Balaban J connectivity index is 1.75. The highest BCUT2D eigenvalue weighted by molar-refractivity contribution is 6.74. The molecule has 0 spiro atoms. The third-order valence-corrected chi connectivity index (χ3v) is 10.4. The highest BCUT2D eigenvalue weighted by Gasteiger charge is 2.36. The molecule has 2 aromatic rings. The second-order valence-electron chi connectivity index (χ2n) is 9.17. The van der Waals surface area contributed by atoms with Gasteiger partial charge in [0.15, 0.2) is 8.32 Å². The molecular formula is C24H35NO4Si. The van der Waals surface area contributed by atoms with Gasteiger partial charge in [0.05, 0.1) is 23.2 Å². The zero-order valence-corrected chi connectivity index (χ0v) is 19.9. The highest BCUT2D eigenvalue weighted by Crippen LogP contribution is 2.36. The Kier molecular flexibility index (Phi) is 8.61. The summed E-state index contributed by atoms with van der Waals surface area (Å²) in [6.07, 6.45) is 4.15. The first-order chi connectivity index (χ1) is 14.1. The van der Waals surface area contributed by atoms with E-state index in [1.807, 2.05) is 36.4 Å². The molecule has 0 N–H and O–H groups in total. The topological polar surface area (TPSA) is 61.6 Å². The van der Waals surface area contributed by atoms with Crippen LogP contribution in [0.1, 0.15) is 46.5 Å². The van der Waals surface area contributed by atoms with E-state index in [1.165, 1.54) is 6.07 Å². The van der Waals surface area contributed by atoms with Gasteiger partial charge in [0.25, 0.3) is 5.69 Å². The van der Waals surface area contributed by atoms with Gasteiger partial charge in [-0.3, -0.25) is 10.1 Å². The van der Waals surface area contributed by atoms with Crippen molar-refractivity contribution < 1.29 is 14.1 Å². The van der Waals surface area contributed by atoms with Gasteiger partial charge < -0.3 is 9.16 Å². The number of ether oxygens (including phenoxy) is 1. The molecule has 0 aliphatic heterocycles. The molecule has 5 nitrogen and oxygen atoms in total. The molecule has 0 amide bonds. The number of nitrogens with zero attached hydrogens (tertiary/aromatic N) is 1. The van der Waals surface area contributed by atoms with E-state index in [2.05, 4.69) is 33.9 Å². The van der Waals surface area contributed by atoms with Crippen molar-refractivity contribution in [2.75, 3.05) is 13.2 Å². The monoisotopic (exact) mass is 429 g/mol. The lowest BCUT2D eigenvalue weighted by Gasteiger charge is -2.36. The lowest BCUT2D eigenvalue weighted by Crippen LogP contribution is -2.40. The van der Waals surface area contributed by atoms with Crippen molar-refractivity contribution in [3.8, 4) is 16.9 Å². The third-order valence-electron chi connectivity index (χ3n) is 5.83. The van der Waals surface area contributed by atoms with E-state index < -0.39 is 8.32 Å². The fraction of sp³-hybridized carbons (Fsp3) is 0.500. The molecule has 0 fully saturated rings. The van der Waals surface area contributed by atoms with Gasteiger partial charge in [-0.2, -0.15) is 0 Å².